The van der Waals surface area contributed by atoms with Gasteiger partial charge in [0.05, 0.1) is 0 Å². The van der Waals surface area contributed by atoms with Crippen LogP contribution in [-0.2, 0) is 11.3 Å². The minimum absolute atomic E-state index is 0.199. The van der Waals surface area contributed by atoms with Crippen molar-refractivity contribution < 1.29 is 9.18 Å². The highest BCUT2D eigenvalue weighted by atomic mass is 19.1. The van der Waals surface area contributed by atoms with Crippen molar-refractivity contribution in [2.45, 2.75) is 38.6 Å². The van der Waals surface area contributed by atoms with Crippen LogP contribution in [-0.4, -0.2) is 17.9 Å². The molecule has 0 unspecified atom stereocenters. The van der Waals surface area contributed by atoms with Crippen molar-refractivity contribution in [3.63, 3.8) is 0 Å². The Morgan fingerprint density at radius 1 is 1.09 bits per heavy atom. The molecule has 0 heterocycles. The molecule has 22 heavy (non-hydrogen) atoms. The molecule has 1 aromatic rings. The summed E-state index contributed by atoms with van der Waals surface area (Å²) in [4.78, 5) is 14.7. The van der Waals surface area contributed by atoms with Gasteiger partial charge in [-0.3, -0.25) is 4.79 Å². The lowest BCUT2D eigenvalue weighted by molar-refractivity contribution is -0.148. The number of hydrogen-bond acceptors (Lipinski definition) is 1. The standard InChI is InChI=1S/C19H24FNO/c1-21(11-14-4-2-3-5-17(14)20)19(22)18-15-7-12-6-13(9-15)10-16(18)8-12/h2-5,12-13,15-16,18H,6-11H2,1H3. The van der Waals surface area contributed by atoms with Crippen LogP contribution in [0.15, 0.2) is 24.3 Å². The van der Waals surface area contributed by atoms with Gasteiger partial charge in [0.25, 0.3) is 0 Å². The molecule has 1 amide bonds. The maximum absolute atomic E-state index is 13.8. The van der Waals surface area contributed by atoms with Gasteiger partial charge in [0.2, 0.25) is 5.91 Å². The Bertz CT molecular complexity index is 557. The topological polar surface area (TPSA) is 20.3 Å². The summed E-state index contributed by atoms with van der Waals surface area (Å²) in [5.74, 6) is 3.17. The van der Waals surface area contributed by atoms with Gasteiger partial charge >= 0.3 is 0 Å². The van der Waals surface area contributed by atoms with E-state index in [1.165, 1.54) is 38.2 Å². The van der Waals surface area contributed by atoms with E-state index in [1.807, 2.05) is 13.1 Å². The Kier molecular flexibility index (Phi) is 3.47. The fraction of sp³-hybridized carbons (Fsp3) is 0.632. The average Bonchev–Trinajstić information content (AvgIpc) is 2.48. The van der Waals surface area contributed by atoms with E-state index < -0.39 is 0 Å². The van der Waals surface area contributed by atoms with E-state index >= 15 is 0 Å². The van der Waals surface area contributed by atoms with Crippen molar-refractivity contribution in [1.29, 1.82) is 0 Å². The molecule has 118 valence electrons. The lowest BCUT2D eigenvalue weighted by Crippen LogP contribution is -2.51. The number of carbonyl (C=O) groups excluding carboxylic acids is 1. The Morgan fingerprint density at radius 3 is 2.27 bits per heavy atom. The van der Waals surface area contributed by atoms with E-state index in [4.69, 9.17) is 0 Å². The first-order valence-electron chi connectivity index (χ1n) is 8.60. The largest absolute Gasteiger partial charge is 0.341 e. The van der Waals surface area contributed by atoms with Gasteiger partial charge in [-0.1, -0.05) is 18.2 Å². The number of benzene rings is 1. The second kappa shape index (κ2) is 5.36. The van der Waals surface area contributed by atoms with Crippen molar-refractivity contribution in [2.24, 2.45) is 29.6 Å². The molecule has 0 N–H and O–H groups in total. The van der Waals surface area contributed by atoms with E-state index in [1.54, 1.807) is 17.0 Å². The third kappa shape index (κ3) is 2.35. The molecule has 0 aromatic heterocycles. The van der Waals surface area contributed by atoms with Crippen LogP contribution in [0, 0.1) is 35.4 Å². The summed E-state index contributed by atoms with van der Waals surface area (Å²) in [6.45, 7) is 0.383. The first kappa shape index (κ1) is 14.2. The third-order valence-electron chi connectivity index (χ3n) is 6.25. The zero-order valence-corrected chi connectivity index (χ0v) is 13.2. The molecule has 4 saturated carbocycles. The van der Waals surface area contributed by atoms with Gasteiger partial charge < -0.3 is 4.90 Å². The Balaban J connectivity index is 1.48. The van der Waals surface area contributed by atoms with Crippen molar-refractivity contribution in [3.05, 3.63) is 35.6 Å². The molecular weight excluding hydrogens is 277 g/mol. The van der Waals surface area contributed by atoms with Crippen LogP contribution < -0.4 is 0 Å². The van der Waals surface area contributed by atoms with Crippen LogP contribution >= 0.6 is 0 Å². The number of amides is 1. The number of halogens is 1. The Labute approximate surface area is 131 Å². The molecular formula is C19H24FNO. The molecule has 4 bridgehead atoms. The van der Waals surface area contributed by atoms with Gasteiger partial charge in [-0.05, 0) is 61.8 Å². The second-order valence-corrected chi connectivity index (χ2v) is 7.74. The van der Waals surface area contributed by atoms with Gasteiger partial charge in [-0.15, -0.1) is 0 Å². The van der Waals surface area contributed by atoms with Crippen molar-refractivity contribution >= 4 is 5.91 Å². The summed E-state index contributed by atoms with van der Waals surface area (Å²) >= 11 is 0. The van der Waals surface area contributed by atoms with E-state index in [0.717, 1.165) is 11.8 Å². The maximum Gasteiger partial charge on any atom is 0.226 e. The molecule has 0 saturated heterocycles. The van der Waals surface area contributed by atoms with E-state index in [-0.39, 0.29) is 17.6 Å². The zero-order valence-electron chi connectivity index (χ0n) is 13.2. The summed E-state index contributed by atoms with van der Waals surface area (Å²) in [7, 11) is 1.83. The quantitative estimate of drug-likeness (QED) is 0.830. The van der Waals surface area contributed by atoms with Crippen LogP contribution in [0.5, 0.6) is 0 Å². The van der Waals surface area contributed by atoms with Gasteiger partial charge in [0.15, 0.2) is 0 Å². The number of hydrogen-bond donors (Lipinski definition) is 0. The van der Waals surface area contributed by atoms with Crippen LogP contribution in [0.1, 0.15) is 37.7 Å². The fourth-order valence-corrected chi connectivity index (χ4v) is 5.54. The molecule has 0 radical (unpaired) electrons. The monoisotopic (exact) mass is 301 g/mol. The number of carbonyl (C=O) groups is 1. The summed E-state index contributed by atoms with van der Waals surface area (Å²) in [5, 5.41) is 0. The average molecular weight is 301 g/mol. The Hall–Kier alpha value is -1.38. The molecule has 4 aliphatic rings. The van der Waals surface area contributed by atoms with Crippen LogP contribution in [0.25, 0.3) is 0 Å². The van der Waals surface area contributed by atoms with Gasteiger partial charge in [0.1, 0.15) is 5.82 Å². The molecule has 0 atom stereocenters. The summed E-state index contributed by atoms with van der Waals surface area (Å²) in [6.07, 6.45) is 6.39. The lowest BCUT2D eigenvalue weighted by atomic mass is 9.51. The van der Waals surface area contributed by atoms with Crippen molar-refractivity contribution in [2.75, 3.05) is 7.05 Å². The van der Waals surface area contributed by atoms with E-state index in [2.05, 4.69) is 0 Å². The first-order valence-corrected chi connectivity index (χ1v) is 8.60. The molecule has 4 fully saturated rings. The van der Waals surface area contributed by atoms with Gasteiger partial charge in [-0.25, -0.2) is 4.39 Å². The lowest BCUT2D eigenvalue weighted by Gasteiger charge is -2.54. The SMILES string of the molecule is CN(Cc1ccccc1F)C(=O)C1C2CC3CC(C2)CC1C3. The molecule has 4 aliphatic carbocycles. The number of nitrogens with zero attached hydrogens (tertiary/aromatic N) is 1. The predicted molar refractivity (Wildman–Crippen MR) is 83.4 cm³/mol. The number of rotatable bonds is 3. The van der Waals surface area contributed by atoms with E-state index in [9.17, 15) is 9.18 Å². The highest BCUT2D eigenvalue weighted by Crippen LogP contribution is 2.56. The summed E-state index contributed by atoms with van der Waals surface area (Å²) in [6, 6.07) is 6.77. The van der Waals surface area contributed by atoms with Crippen LogP contribution in [0.2, 0.25) is 0 Å². The Morgan fingerprint density at radius 2 is 1.68 bits per heavy atom. The summed E-state index contributed by atoms with van der Waals surface area (Å²) < 4.78 is 13.8. The first-order chi connectivity index (χ1) is 10.6. The molecule has 2 nitrogen and oxygen atoms in total. The highest BCUT2D eigenvalue weighted by Gasteiger charge is 2.51. The van der Waals surface area contributed by atoms with Gasteiger partial charge in [-0.2, -0.15) is 0 Å². The highest BCUT2D eigenvalue weighted by molar-refractivity contribution is 5.79. The van der Waals surface area contributed by atoms with E-state index in [0.29, 0.717) is 23.9 Å². The summed E-state index contributed by atoms with van der Waals surface area (Å²) in [5.41, 5.74) is 0.613. The predicted octanol–water partition coefficient (Wildman–Crippen LogP) is 3.86. The second-order valence-electron chi connectivity index (χ2n) is 7.74. The fourth-order valence-electron chi connectivity index (χ4n) is 5.54. The molecule has 0 spiro atoms. The third-order valence-corrected chi connectivity index (χ3v) is 6.25. The van der Waals surface area contributed by atoms with Crippen LogP contribution in [0.4, 0.5) is 4.39 Å². The zero-order chi connectivity index (χ0) is 15.3. The molecule has 1 aromatic carbocycles. The van der Waals surface area contributed by atoms with Gasteiger partial charge in [0, 0.05) is 25.1 Å². The van der Waals surface area contributed by atoms with Crippen LogP contribution in [0.3, 0.4) is 0 Å². The van der Waals surface area contributed by atoms with Crippen molar-refractivity contribution in [1.82, 2.24) is 4.90 Å². The van der Waals surface area contributed by atoms with Crippen molar-refractivity contribution in [3.8, 4) is 0 Å². The minimum atomic E-state index is -0.216. The molecule has 5 rings (SSSR count). The minimum Gasteiger partial charge on any atom is -0.341 e. The maximum atomic E-state index is 13.8. The normalized spacial score (nSPS) is 35.6. The molecule has 3 heteroatoms. The molecule has 0 aliphatic heterocycles. The smallest absolute Gasteiger partial charge is 0.226 e.